The zero-order valence-electron chi connectivity index (χ0n) is 15.2. The largest absolute Gasteiger partial charge is 0.372 e. The maximum absolute atomic E-state index is 12.1. The van der Waals surface area contributed by atoms with Crippen molar-refractivity contribution in [1.82, 2.24) is 9.99 Å². The molecule has 0 saturated carbocycles. The summed E-state index contributed by atoms with van der Waals surface area (Å²) in [7, 11) is 0. The molecule has 0 aliphatic rings. The number of fused-ring (bicyclic) bond motifs is 1. The highest BCUT2D eigenvalue weighted by atomic mass is 16.2. The molecule has 0 bridgehead atoms. The SMILES string of the molecule is CCN(CC)c1ccc(/C=N/NC(=O)Cn2ccc3ccccc32)cc1. The first kappa shape index (κ1) is 17.7. The lowest BCUT2D eigenvalue weighted by Gasteiger charge is -2.20. The van der Waals surface area contributed by atoms with Crippen LogP contribution in [0.15, 0.2) is 65.9 Å². The number of para-hydroxylation sites is 1. The second-order valence-electron chi connectivity index (χ2n) is 6.06. The molecule has 0 saturated heterocycles. The molecule has 0 radical (unpaired) electrons. The van der Waals surface area contributed by atoms with E-state index < -0.39 is 0 Å². The minimum absolute atomic E-state index is 0.151. The van der Waals surface area contributed by atoms with E-state index >= 15 is 0 Å². The fourth-order valence-electron chi connectivity index (χ4n) is 3.01. The molecular formula is C21H24N4O. The first-order chi connectivity index (χ1) is 12.7. The lowest BCUT2D eigenvalue weighted by molar-refractivity contribution is -0.121. The molecule has 3 rings (SSSR count). The fraction of sp³-hybridized carbons (Fsp3) is 0.238. The molecule has 134 valence electrons. The van der Waals surface area contributed by atoms with Gasteiger partial charge in [-0.2, -0.15) is 5.10 Å². The van der Waals surface area contributed by atoms with Crippen LogP contribution in [0.25, 0.3) is 10.9 Å². The van der Waals surface area contributed by atoms with E-state index in [4.69, 9.17) is 0 Å². The molecule has 2 aromatic carbocycles. The first-order valence-corrected chi connectivity index (χ1v) is 8.92. The van der Waals surface area contributed by atoms with Gasteiger partial charge in [0.05, 0.1) is 6.21 Å². The van der Waals surface area contributed by atoms with Gasteiger partial charge in [0.25, 0.3) is 5.91 Å². The third-order valence-electron chi connectivity index (χ3n) is 4.42. The van der Waals surface area contributed by atoms with Crippen LogP contribution in [0.5, 0.6) is 0 Å². The van der Waals surface area contributed by atoms with Crippen LogP contribution < -0.4 is 10.3 Å². The molecule has 0 spiro atoms. The number of nitrogens with one attached hydrogen (secondary N) is 1. The van der Waals surface area contributed by atoms with Crippen LogP contribution in [-0.4, -0.2) is 29.8 Å². The van der Waals surface area contributed by atoms with Crippen LogP contribution in [0.3, 0.4) is 0 Å². The molecule has 0 atom stereocenters. The summed E-state index contributed by atoms with van der Waals surface area (Å²) >= 11 is 0. The summed E-state index contributed by atoms with van der Waals surface area (Å²) in [5, 5.41) is 5.19. The Hall–Kier alpha value is -3.08. The Morgan fingerprint density at radius 3 is 2.54 bits per heavy atom. The van der Waals surface area contributed by atoms with Crippen LogP contribution >= 0.6 is 0 Å². The van der Waals surface area contributed by atoms with Crippen LogP contribution in [0.2, 0.25) is 0 Å². The van der Waals surface area contributed by atoms with Crippen molar-refractivity contribution in [2.45, 2.75) is 20.4 Å². The first-order valence-electron chi connectivity index (χ1n) is 8.92. The van der Waals surface area contributed by atoms with Gasteiger partial charge in [-0.25, -0.2) is 5.43 Å². The van der Waals surface area contributed by atoms with Crippen molar-refractivity contribution in [2.75, 3.05) is 18.0 Å². The zero-order chi connectivity index (χ0) is 18.4. The monoisotopic (exact) mass is 348 g/mol. The van der Waals surface area contributed by atoms with Crippen molar-refractivity contribution in [1.29, 1.82) is 0 Å². The molecule has 0 fully saturated rings. The summed E-state index contributed by atoms with van der Waals surface area (Å²) in [6.45, 7) is 6.48. The number of rotatable bonds is 7. The zero-order valence-corrected chi connectivity index (χ0v) is 15.2. The fourth-order valence-corrected chi connectivity index (χ4v) is 3.01. The van der Waals surface area contributed by atoms with Crippen molar-refractivity contribution in [3.8, 4) is 0 Å². The van der Waals surface area contributed by atoms with Crippen LogP contribution in [0.4, 0.5) is 5.69 Å². The van der Waals surface area contributed by atoms with Crippen molar-refractivity contribution in [2.24, 2.45) is 5.10 Å². The Balaban J connectivity index is 1.57. The molecule has 3 aromatic rings. The van der Waals surface area contributed by atoms with Crippen molar-refractivity contribution < 1.29 is 4.79 Å². The molecule has 5 nitrogen and oxygen atoms in total. The Morgan fingerprint density at radius 2 is 1.81 bits per heavy atom. The van der Waals surface area contributed by atoms with Gasteiger partial charge < -0.3 is 9.47 Å². The van der Waals surface area contributed by atoms with Gasteiger partial charge in [-0.15, -0.1) is 0 Å². The molecule has 0 aliphatic heterocycles. The lowest BCUT2D eigenvalue weighted by atomic mass is 10.2. The Bertz CT molecular complexity index is 892. The number of nitrogens with zero attached hydrogens (tertiary/aromatic N) is 3. The van der Waals surface area contributed by atoms with E-state index in [9.17, 15) is 4.79 Å². The molecule has 5 heteroatoms. The van der Waals surface area contributed by atoms with Gasteiger partial charge in [-0.05, 0) is 49.1 Å². The number of benzene rings is 2. The maximum atomic E-state index is 12.1. The Labute approximate surface area is 153 Å². The van der Waals surface area contributed by atoms with Gasteiger partial charge in [0, 0.05) is 30.5 Å². The minimum atomic E-state index is -0.151. The number of hydrazone groups is 1. The maximum Gasteiger partial charge on any atom is 0.259 e. The summed E-state index contributed by atoms with van der Waals surface area (Å²) in [4.78, 5) is 14.4. The van der Waals surface area contributed by atoms with E-state index in [2.05, 4.69) is 41.4 Å². The highest BCUT2D eigenvalue weighted by Crippen LogP contribution is 2.15. The summed E-state index contributed by atoms with van der Waals surface area (Å²) < 4.78 is 1.92. The average Bonchev–Trinajstić information content (AvgIpc) is 3.07. The van der Waals surface area contributed by atoms with E-state index in [1.54, 1.807) is 6.21 Å². The highest BCUT2D eigenvalue weighted by molar-refractivity contribution is 5.85. The summed E-state index contributed by atoms with van der Waals surface area (Å²) in [6, 6.07) is 18.1. The van der Waals surface area contributed by atoms with Crippen molar-refractivity contribution in [3.05, 3.63) is 66.4 Å². The van der Waals surface area contributed by atoms with E-state index in [0.717, 1.165) is 29.6 Å². The number of amides is 1. The van der Waals surface area contributed by atoms with Gasteiger partial charge in [0.1, 0.15) is 6.54 Å². The van der Waals surface area contributed by atoms with Gasteiger partial charge >= 0.3 is 0 Å². The highest BCUT2D eigenvalue weighted by Gasteiger charge is 2.05. The summed E-state index contributed by atoms with van der Waals surface area (Å²) in [6.07, 6.45) is 3.58. The Morgan fingerprint density at radius 1 is 1.08 bits per heavy atom. The summed E-state index contributed by atoms with van der Waals surface area (Å²) in [5.41, 5.74) is 5.78. The quantitative estimate of drug-likeness (QED) is 0.523. The topological polar surface area (TPSA) is 49.6 Å². The Kier molecular flexibility index (Phi) is 5.69. The van der Waals surface area contributed by atoms with Crippen LogP contribution in [-0.2, 0) is 11.3 Å². The molecule has 0 unspecified atom stereocenters. The predicted octanol–water partition coefficient (Wildman–Crippen LogP) is 3.64. The molecule has 1 N–H and O–H groups in total. The average molecular weight is 348 g/mol. The molecule has 1 amide bonds. The van der Waals surface area contributed by atoms with Crippen molar-refractivity contribution >= 4 is 28.7 Å². The van der Waals surface area contributed by atoms with E-state index in [0.29, 0.717) is 0 Å². The normalized spacial score (nSPS) is 11.2. The predicted molar refractivity (Wildman–Crippen MR) is 108 cm³/mol. The van der Waals surface area contributed by atoms with Gasteiger partial charge in [0.15, 0.2) is 0 Å². The molecule has 0 aliphatic carbocycles. The van der Waals surface area contributed by atoms with Gasteiger partial charge in [-0.3, -0.25) is 4.79 Å². The smallest absolute Gasteiger partial charge is 0.259 e. The number of anilines is 1. The summed E-state index contributed by atoms with van der Waals surface area (Å²) in [5.74, 6) is -0.151. The third-order valence-corrected chi connectivity index (χ3v) is 4.42. The minimum Gasteiger partial charge on any atom is -0.372 e. The molecule has 1 aromatic heterocycles. The molecule has 1 heterocycles. The van der Waals surface area contributed by atoms with Crippen LogP contribution in [0.1, 0.15) is 19.4 Å². The van der Waals surface area contributed by atoms with E-state index in [1.807, 2.05) is 53.2 Å². The van der Waals surface area contributed by atoms with E-state index in [1.165, 1.54) is 5.69 Å². The third kappa shape index (κ3) is 4.11. The van der Waals surface area contributed by atoms with E-state index in [-0.39, 0.29) is 12.5 Å². The van der Waals surface area contributed by atoms with Crippen molar-refractivity contribution in [3.63, 3.8) is 0 Å². The van der Waals surface area contributed by atoms with Gasteiger partial charge in [0.2, 0.25) is 0 Å². The molecule has 26 heavy (non-hydrogen) atoms. The molecular weight excluding hydrogens is 324 g/mol. The second kappa shape index (κ2) is 8.34. The van der Waals surface area contributed by atoms with Crippen LogP contribution in [0, 0.1) is 0 Å². The standard InChI is InChI=1S/C21H24N4O/c1-3-24(4-2)19-11-9-17(10-12-19)15-22-23-21(26)16-25-14-13-18-7-5-6-8-20(18)25/h5-15H,3-4,16H2,1-2H3,(H,23,26)/b22-15+. The lowest BCUT2D eigenvalue weighted by Crippen LogP contribution is -2.22. The number of aromatic nitrogens is 1. The number of carbonyl (C=O) groups is 1. The number of hydrogen-bond donors (Lipinski definition) is 1. The van der Waals surface area contributed by atoms with Gasteiger partial charge in [-0.1, -0.05) is 30.3 Å². The number of hydrogen-bond acceptors (Lipinski definition) is 3. The number of carbonyl (C=O) groups excluding carboxylic acids is 1. The second-order valence-corrected chi connectivity index (χ2v) is 6.06.